The second kappa shape index (κ2) is 7.54. The van der Waals surface area contributed by atoms with E-state index in [9.17, 15) is 8.60 Å². The standard InChI is InChI=1S/C15H15ClFNO2S/c16-14-9-13(4-5-15(14)17)21(19)7-6-20-12-3-1-2-11(8-12)10-18/h1-5,8-9H,6-7,10,18H2. The van der Waals surface area contributed by atoms with Gasteiger partial charge >= 0.3 is 0 Å². The van der Waals surface area contributed by atoms with Crippen LogP contribution in [0.25, 0.3) is 0 Å². The fourth-order valence-electron chi connectivity index (χ4n) is 1.73. The molecule has 2 aromatic rings. The Morgan fingerprint density at radius 1 is 1.24 bits per heavy atom. The first-order valence-electron chi connectivity index (χ1n) is 6.35. The molecule has 2 rings (SSSR count). The highest BCUT2D eigenvalue weighted by atomic mass is 35.5. The maximum absolute atomic E-state index is 13.0. The van der Waals surface area contributed by atoms with E-state index in [1.54, 1.807) is 0 Å². The van der Waals surface area contributed by atoms with E-state index in [-0.39, 0.29) is 11.6 Å². The van der Waals surface area contributed by atoms with E-state index in [1.807, 2.05) is 24.3 Å². The molecule has 3 nitrogen and oxygen atoms in total. The molecule has 0 aliphatic rings. The van der Waals surface area contributed by atoms with Gasteiger partial charge in [0.05, 0.1) is 21.6 Å². The lowest BCUT2D eigenvalue weighted by atomic mass is 10.2. The fourth-order valence-corrected chi connectivity index (χ4v) is 2.92. The topological polar surface area (TPSA) is 52.3 Å². The summed E-state index contributed by atoms with van der Waals surface area (Å²) < 4.78 is 30.6. The molecule has 112 valence electrons. The van der Waals surface area contributed by atoms with Gasteiger partial charge in [0.15, 0.2) is 0 Å². The van der Waals surface area contributed by atoms with E-state index in [2.05, 4.69) is 0 Å². The minimum Gasteiger partial charge on any atom is -0.493 e. The molecule has 0 bridgehead atoms. The van der Waals surface area contributed by atoms with Crippen LogP contribution in [0, 0.1) is 5.82 Å². The normalized spacial score (nSPS) is 12.1. The second-order valence-electron chi connectivity index (χ2n) is 4.33. The number of rotatable bonds is 6. The molecule has 21 heavy (non-hydrogen) atoms. The maximum atomic E-state index is 13.0. The minimum atomic E-state index is -1.28. The van der Waals surface area contributed by atoms with Crippen LogP contribution in [0.2, 0.25) is 5.02 Å². The molecule has 0 aliphatic carbocycles. The van der Waals surface area contributed by atoms with Crippen molar-refractivity contribution in [3.8, 4) is 5.75 Å². The summed E-state index contributed by atoms with van der Waals surface area (Å²) in [7, 11) is -1.28. The van der Waals surface area contributed by atoms with Crippen molar-refractivity contribution >= 4 is 22.4 Å². The Morgan fingerprint density at radius 3 is 2.76 bits per heavy atom. The smallest absolute Gasteiger partial charge is 0.141 e. The first kappa shape index (κ1) is 15.9. The van der Waals surface area contributed by atoms with Crippen molar-refractivity contribution < 1.29 is 13.3 Å². The molecular formula is C15H15ClFNO2S. The van der Waals surface area contributed by atoms with E-state index in [0.29, 0.717) is 22.9 Å². The van der Waals surface area contributed by atoms with E-state index >= 15 is 0 Å². The molecule has 2 aromatic carbocycles. The molecule has 2 N–H and O–H groups in total. The molecular weight excluding hydrogens is 313 g/mol. The number of hydrogen-bond acceptors (Lipinski definition) is 3. The lowest BCUT2D eigenvalue weighted by Gasteiger charge is -2.08. The Kier molecular flexibility index (Phi) is 5.73. The van der Waals surface area contributed by atoms with Crippen molar-refractivity contribution in [2.24, 2.45) is 5.73 Å². The monoisotopic (exact) mass is 327 g/mol. The average molecular weight is 328 g/mol. The Labute approximate surface area is 130 Å². The van der Waals surface area contributed by atoms with E-state index in [4.69, 9.17) is 22.1 Å². The van der Waals surface area contributed by atoms with Crippen LogP contribution in [0.5, 0.6) is 5.75 Å². The van der Waals surface area contributed by atoms with Crippen LogP contribution in [-0.4, -0.2) is 16.6 Å². The van der Waals surface area contributed by atoms with Gasteiger partial charge in [0.25, 0.3) is 0 Å². The van der Waals surface area contributed by atoms with Gasteiger partial charge in [-0.05, 0) is 35.9 Å². The predicted molar refractivity (Wildman–Crippen MR) is 82.5 cm³/mol. The van der Waals surface area contributed by atoms with E-state index in [0.717, 1.165) is 5.56 Å². The van der Waals surface area contributed by atoms with Crippen molar-refractivity contribution in [1.29, 1.82) is 0 Å². The summed E-state index contributed by atoms with van der Waals surface area (Å²) >= 11 is 5.67. The largest absolute Gasteiger partial charge is 0.493 e. The average Bonchev–Trinajstić information content (AvgIpc) is 2.50. The Hall–Kier alpha value is -1.43. The number of ether oxygens (including phenoxy) is 1. The molecule has 0 amide bonds. The van der Waals surface area contributed by atoms with Gasteiger partial charge in [-0.15, -0.1) is 0 Å². The van der Waals surface area contributed by atoms with Gasteiger partial charge in [-0.3, -0.25) is 4.21 Å². The fraction of sp³-hybridized carbons (Fsp3) is 0.200. The molecule has 0 aliphatic heterocycles. The minimum absolute atomic E-state index is 0.0302. The molecule has 0 heterocycles. The zero-order chi connectivity index (χ0) is 15.2. The summed E-state index contributed by atoms with van der Waals surface area (Å²) in [6.07, 6.45) is 0. The van der Waals surface area contributed by atoms with Crippen molar-refractivity contribution in [3.63, 3.8) is 0 Å². The lowest BCUT2D eigenvalue weighted by molar-refractivity contribution is 0.342. The molecule has 1 unspecified atom stereocenters. The number of hydrogen-bond donors (Lipinski definition) is 1. The second-order valence-corrected chi connectivity index (χ2v) is 6.30. The summed E-state index contributed by atoms with van der Waals surface area (Å²) in [5.41, 5.74) is 6.52. The summed E-state index contributed by atoms with van der Waals surface area (Å²) in [5, 5.41) is -0.0302. The highest BCUT2D eigenvalue weighted by molar-refractivity contribution is 7.85. The molecule has 0 saturated heterocycles. The van der Waals surface area contributed by atoms with Gasteiger partial charge in [-0.1, -0.05) is 23.7 Å². The summed E-state index contributed by atoms with van der Waals surface area (Å²) in [4.78, 5) is 0.487. The predicted octanol–water partition coefficient (Wildman–Crippen LogP) is 3.12. The maximum Gasteiger partial charge on any atom is 0.141 e. The highest BCUT2D eigenvalue weighted by Crippen LogP contribution is 2.19. The Bertz CT molecular complexity index is 651. The Balaban J connectivity index is 1.90. The first-order chi connectivity index (χ1) is 10.1. The SMILES string of the molecule is NCc1cccc(OCCS(=O)c2ccc(F)c(Cl)c2)c1. The van der Waals surface area contributed by atoms with Gasteiger partial charge in [0, 0.05) is 11.4 Å². The summed E-state index contributed by atoms with van der Waals surface area (Å²) in [5.74, 6) is 0.466. The van der Waals surface area contributed by atoms with Crippen LogP contribution in [0.3, 0.4) is 0 Å². The quantitative estimate of drug-likeness (QED) is 0.887. The lowest BCUT2D eigenvalue weighted by Crippen LogP contribution is -2.09. The number of benzene rings is 2. The van der Waals surface area contributed by atoms with Gasteiger partial charge in [-0.2, -0.15) is 0 Å². The number of halogens is 2. The van der Waals surface area contributed by atoms with Gasteiger partial charge in [0.2, 0.25) is 0 Å². The molecule has 0 aromatic heterocycles. The van der Waals surface area contributed by atoms with E-state index < -0.39 is 16.6 Å². The highest BCUT2D eigenvalue weighted by Gasteiger charge is 2.08. The van der Waals surface area contributed by atoms with Crippen LogP contribution in [0.1, 0.15) is 5.56 Å². The third-order valence-electron chi connectivity index (χ3n) is 2.83. The van der Waals surface area contributed by atoms with Crippen LogP contribution < -0.4 is 10.5 Å². The van der Waals surface area contributed by atoms with Gasteiger partial charge < -0.3 is 10.5 Å². The van der Waals surface area contributed by atoms with Crippen LogP contribution in [0.15, 0.2) is 47.4 Å². The van der Waals surface area contributed by atoms with Crippen LogP contribution in [0.4, 0.5) is 4.39 Å². The van der Waals surface area contributed by atoms with Crippen molar-refractivity contribution in [1.82, 2.24) is 0 Å². The molecule has 6 heteroatoms. The summed E-state index contributed by atoms with van der Waals surface area (Å²) in [6.45, 7) is 0.729. The van der Waals surface area contributed by atoms with Gasteiger partial charge in [-0.25, -0.2) is 4.39 Å². The van der Waals surface area contributed by atoms with E-state index in [1.165, 1.54) is 18.2 Å². The molecule has 0 saturated carbocycles. The molecule has 0 fully saturated rings. The third kappa shape index (κ3) is 4.52. The molecule has 0 spiro atoms. The third-order valence-corrected chi connectivity index (χ3v) is 4.43. The summed E-state index contributed by atoms with van der Waals surface area (Å²) in [6, 6.07) is 11.5. The molecule has 1 atom stereocenters. The van der Waals surface area contributed by atoms with Crippen molar-refractivity contribution in [2.75, 3.05) is 12.4 Å². The van der Waals surface area contributed by atoms with Crippen molar-refractivity contribution in [3.05, 3.63) is 58.9 Å². The first-order valence-corrected chi connectivity index (χ1v) is 8.05. The number of nitrogens with two attached hydrogens (primary N) is 1. The van der Waals surface area contributed by atoms with Crippen LogP contribution >= 0.6 is 11.6 Å². The zero-order valence-electron chi connectivity index (χ0n) is 11.2. The van der Waals surface area contributed by atoms with Gasteiger partial charge in [0.1, 0.15) is 18.2 Å². The molecule has 0 radical (unpaired) electrons. The van der Waals surface area contributed by atoms with Crippen LogP contribution in [-0.2, 0) is 17.3 Å². The van der Waals surface area contributed by atoms with Crippen molar-refractivity contribution in [2.45, 2.75) is 11.4 Å². The zero-order valence-corrected chi connectivity index (χ0v) is 12.8. The Morgan fingerprint density at radius 2 is 2.05 bits per heavy atom.